The molecular formula is C79H83BrClN7O18S3. The number of halogens is 2. The lowest BCUT2D eigenvalue weighted by Gasteiger charge is -2.20. The third-order valence-corrected chi connectivity index (χ3v) is 21.9. The fourth-order valence-corrected chi connectivity index (χ4v) is 14.0. The lowest BCUT2D eigenvalue weighted by Crippen LogP contribution is -2.22. The number of aliphatic hydroxyl groups excluding tert-OH is 3. The smallest absolute Gasteiger partial charge is 0.263 e. The van der Waals surface area contributed by atoms with E-state index in [4.69, 9.17) is 54.0 Å². The maximum Gasteiger partial charge on any atom is 0.263 e. The topological polar surface area (TPSA) is 339 Å². The Morgan fingerprint density at radius 3 is 1.38 bits per heavy atom. The molecule has 11 rings (SSSR count). The number of aromatic nitrogens is 5. The summed E-state index contributed by atoms with van der Waals surface area (Å²) >= 11 is 9.70. The van der Waals surface area contributed by atoms with Gasteiger partial charge in [-0.3, -0.25) is 9.44 Å². The summed E-state index contributed by atoms with van der Waals surface area (Å²) in [4.78, 5) is 18.3. The van der Waals surface area contributed by atoms with Gasteiger partial charge in [0.25, 0.3) is 31.8 Å². The summed E-state index contributed by atoms with van der Waals surface area (Å²) in [5.41, 5.74) is 6.53. The number of benzene rings is 8. The number of aliphatic hydroxyl groups is 3. The molecule has 0 amide bonds. The third kappa shape index (κ3) is 21.7. The average molecular weight is 1630 g/mol. The molecule has 0 bridgehead atoms. The number of nitrogens with one attached hydrogen (secondary N) is 2. The normalized spacial score (nSPS) is 11.9. The van der Waals surface area contributed by atoms with Crippen LogP contribution in [0.1, 0.15) is 69.7 Å². The van der Waals surface area contributed by atoms with Gasteiger partial charge in [-0.2, -0.15) is 9.97 Å². The summed E-state index contributed by atoms with van der Waals surface area (Å²) < 4.78 is 135. The lowest BCUT2D eigenvalue weighted by atomic mass is 9.87. The SMILES string of the molecule is COc1ccc(-c2nc(NS(=O)(=O)c3ccc(C(C)(C)C)cc3)c(Oc3cc(OC)ccc3Cl)c(OCCO)n2)cc1.COc1ccc(-c2nc(NS(=O)(=O)c3ccc(C(C)(C)C)cc3)c(Oc3ccccc3OC)c(OC[C@H](O)CO)n2)cc1.Cc1ccc(-c2ccc(S(=O)(=O)Cc3onc(C)c3Br)cc2)cc1. The fourth-order valence-electron chi connectivity index (χ4n) is 10.1. The van der Waals surface area contributed by atoms with Crippen LogP contribution in [0.2, 0.25) is 5.02 Å². The monoisotopic (exact) mass is 1630 g/mol. The summed E-state index contributed by atoms with van der Waals surface area (Å²) in [6.45, 7) is 14.6. The molecule has 574 valence electrons. The van der Waals surface area contributed by atoms with E-state index in [0.29, 0.717) is 50.1 Å². The number of nitrogens with zero attached hydrogens (tertiary/aromatic N) is 5. The van der Waals surface area contributed by atoms with Gasteiger partial charge in [0.15, 0.2) is 50.4 Å². The van der Waals surface area contributed by atoms with Gasteiger partial charge in [0, 0.05) is 17.2 Å². The van der Waals surface area contributed by atoms with Gasteiger partial charge in [-0.05, 0) is 172 Å². The first kappa shape index (κ1) is 82.7. The molecule has 3 aromatic heterocycles. The van der Waals surface area contributed by atoms with E-state index in [0.717, 1.165) is 22.3 Å². The van der Waals surface area contributed by atoms with Crippen LogP contribution in [0.4, 0.5) is 11.6 Å². The van der Waals surface area contributed by atoms with Crippen molar-refractivity contribution < 1.29 is 83.0 Å². The molecule has 0 spiro atoms. The number of sulfone groups is 1. The Kier molecular flexibility index (Phi) is 27.5. The molecule has 0 aliphatic carbocycles. The summed E-state index contributed by atoms with van der Waals surface area (Å²) in [7, 11) is -5.81. The first-order valence-electron chi connectivity index (χ1n) is 33.6. The Hall–Kier alpha value is -10.4. The number of ether oxygens (including phenoxy) is 8. The van der Waals surface area contributed by atoms with Crippen molar-refractivity contribution in [2.45, 2.75) is 92.8 Å². The second-order valence-corrected chi connectivity index (χ2v) is 32.9. The summed E-state index contributed by atoms with van der Waals surface area (Å²) in [5.74, 6) is 1.64. The van der Waals surface area contributed by atoms with E-state index < -0.39 is 42.6 Å². The number of hydrogen-bond acceptors (Lipinski definition) is 23. The van der Waals surface area contributed by atoms with Crippen molar-refractivity contribution in [3.05, 3.63) is 226 Å². The zero-order valence-electron chi connectivity index (χ0n) is 61.7. The zero-order chi connectivity index (χ0) is 79.0. The summed E-state index contributed by atoms with van der Waals surface area (Å²) in [5, 5.41) is 32.8. The maximum atomic E-state index is 13.7. The van der Waals surface area contributed by atoms with Crippen molar-refractivity contribution in [2.75, 3.05) is 64.3 Å². The van der Waals surface area contributed by atoms with Gasteiger partial charge in [0.2, 0.25) is 11.5 Å². The fraction of sp³-hybridized carbons (Fsp3) is 0.253. The van der Waals surface area contributed by atoms with Gasteiger partial charge >= 0.3 is 0 Å². The molecule has 0 saturated heterocycles. The van der Waals surface area contributed by atoms with Gasteiger partial charge in [-0.15, -0.1) is 0 Å². The molecule has 0 aliphatic heterocycles. The molecule has 11 aromatic rings. The lowest BCUT2D eigenvalue weighted by molar-refractivity contribution is 0.0513. The minimum Gasteiger partial charge on any atom is -0.497 e. The number of methoxy groups -OCH3 is 4. The number of hydrogen-bond donors (Lipinski definition) is 5. The Balaban J connectivity index is 0.000000196. The molecule has 30 heteroatoms. The van der Waals surface area contributed by atoms with Crippen LogP contribution in [0.25, 0.3) is 33.9 Å². The molecule has 25 nitrogen and oxygen atoms in total. The van der Waals surface area contributed by atoms with Crippen LogP contribution < -0.4 is 47.3 Å². The van der Waals surface area contributed by atoms with Crippen molar-refractivity contribution in [3.63, 3.8) is 0 Å². The molecule has 0 fully saturated rings. The number of sulfonamides is 2. The third-order valence-electron chi connectivity index (χ3n) is 16.2. The van der Waals surface area contributed by atoms with Crippen molar-refractivity contribution >= 4 is 69.1 Å². The standard InChI is InChI=1S/C31H35N3O8S.C30H32ClN3O7S.C18H16BrNO3S/c1-31(2,3)21-12-16-24(17-13-21)43(37,38)34-29-27(42-26-9-7-6-8-25(26)40-5)30(41-19-22(36)18-35)33-28(32-29)20-10-14-23(39-4)15-11-20;1-30(2,3)20-8-13-23(14-9-20)42(36,37)34-28-26(41-25-18-22(39-5)12-15-24(25)31)29(40-17-16-35)33-27(32-28)19-6-10-21(38-4)11-7-19;1-12-3-5-14(6-4-12)15-7-9-16(10-8-15)24(21,22)11-17-18(19)13(2)20-23-17/h6-17,22,35-36H,18-19H2,1-5H3,(H,32,33,34);6-15,18,35H,16-17H2,1-5H3,(H,32,33,34);3-10H,11H2,1-2H3/t22-;;/m1../s1. The van der Waals surface area contributed by atoms with E-state index in [2.05, 4.69) is 50.5 Å². The highest BCUT2D eigenvalue weighted by Gasteiger charge is 2.30. The quantitative estimate of drug-likeness (QED) is 0.0319. The highest BCUT2D eigenvalue weighted by atomic mass is 79.9. The van der Waals surface area contributed by atoms with Crippen molar-refractivity contribution in [3.8, 4) is 91.7 Å². The van der Waals surface area contributed by atoms with Crippen LogP contribution in [0.15, 0.2) is 212 Å². The van der Waals surface area contributed by atoms with E-state index in [9.17, 15) is 40.6 Å². The molecule has 8 aromatic carbocycles. The van der Waals surface area contributed by atoms with Crippen LogP contribution in [-0.4, -0.2) is 127 Å². The Labute approximate surface area is 647 Å². The molecular weight excluding hydrogens is 1550 g/mol. The number of rotatable bonds is 27. The second-order valence-electron chi connectivity index (χ2n) is 26.3. The summed E-state index contributed by atoms with van der Waals surface area (Å²) in [6, 6.07) is 53.3. The summed E-state index contributed by atoms with van der Waals surface area (Å²) in [6.07, 6.45) is -1.24. The number of para-hydroxylation sites is 2. The number of aryl methyl sites for hydroxylation is 2. The van der Waals surface area contributed by atoms with Crippen molar-refractivity contribution in [2.24, 2.45) is 0 Å². The highest BCUT2D eigenvalue weighted by molar-refractivity contribution is 9.10. The van der Waals surface area contributed by atoms with Gasteiger partial charge in [-0.1, -0.05) is 137 Å². The Morgan fingerprint density at radius 2 is 0.945 bits per heavy atom. The van der Waals surface area contributed by atoms with Crippen molar-refractivity contribution in [1.82, 2.24) is 25.1 Å². The van der Waals surface area contributed by atoms with Crippen LogP contribution in [0, 0.1) is 13.8 Å². The average Bonchev–Trinajstić information content (AvgIpc) is 1.26. The number of anilines is 2. The zero-order valence-corrected chi connectivity index (χ0v) is 66.5. The van der Waals surface area contributed by atoms with Gasteiger partial charge < -0.3 is 57.7 Å². The molecule has 109 heavy (non-hydrogen) atoms. The Bertz CT molecular complexity index is 5270. The molecule has 1 atom stereocenters. The van der Waals surface area contributed by atoms with Crippen LogP contribution in [0.5, 0.6) is 57.8 Å². The largest absolute Gasteiger partial charge is 0.497 e. The predicted octanol–water partition coefficient (Wildman–Crippen LogP) is 15.6. The maximum absolute atomic E-state index is 13.7. The van der Waals surface area contributed by atoms with Crippen LogP contribution >= 0.6 is 27.5 Å². The Morgan fingerprint density at radius 1 is 0.514 bits per heavy atom. The second kappa shape index (κ2) is 36.2. The molecule has 5 N–H and O–H groups in total. The van der Waals surface area contributed by atoms with Crippen LogP contribution in [0.3, 0.4) is 0 Å². The van der Waals surface area contributed by atoms with E-state index in [1.54, 1.807) is 135 Å². The van der Waals surface area contributed by atoms with E-state index in [-0.39, 0.29) is 114 Å². The first-order chi connectivity index (χ1) is 51.8. The molecule has 0 unspecified atom stereocenters. The first-order valence-corrected chi connectivity index (χ1v) is 39.4. The van der Waals surface area contributed by atoms with E-state index in [1.165, 1.54) is 57.2 Å². The molecule has 0 aliphatic rings. The van der Waals surface area contributed by atoms with E-state index in [1.807, 2.05) is 84.9 Å². The molecule has 3 heterocycles. The van der Waals surface area contributed by atoms with Gasteiger partial charge in [0.05, 0.1) is 71.5 Å². The molecule has 0 radical (unpaired) electrons. The van der Waals surface area contributed by atoms with Gasteiger partial charge in [-0.25, -0.2) is 35.2 Å². The van der Waals surface area contributed by atoms with E-state index >= 15 is 0 Å². The molecule has 0 saturated carbocycles. The van der Waals surface area contributed by atoms with Gasteiger partial charge in [0.1, 0.15) is 48.1 Å². The minimum atomic E-state index is -4.18. The predicted molar refractivity (Wildman–Crippen MR) is 419 cm³/mol. The van der Waals surface area contributed by atoms with Crippen molar-refractivity contribution in [1.29, 1.82) is 0 Å². The highest BCUT2D eigenvalue weighted by Crippen LogP contribution is 2.45. The van der Waals surface area contributed by atoms with Crippen LogP contribution in [-0.2, 0) is 46.5 Å². The minimum absolute atomic E-state index is 0.00604.